The third-order valence-electron chi connectivity index (χ3n) is 6.03. The molecule has 2 heterocycles. The monoisotopic (exact) mass is 496 g/mol. The molecule has 1 aromatic heterocycles. The Hall–Kier alpha value is -3.53. The van der Waals surface area contributed by atoms with Gasteiger partial charge in [-0.2, -0.15) is 0 Å². The third-order valence-corrected chi connectivity index (χ3v) is 6.95. The lowest BCUT2D eigenvalue weighted by Crippen LogP contribution is -2.39. The van der Waals surface area contributed by atoms with E-state index >= 15 is 0 Å². The summed E-state index contributed by atoms with van der Waals surface area (Å²) in [4.78, 5) is 42.6. The molecule has 1 saturated heterocycles. The highest BCUT2D eigenvalue weighted by atomic mass is 32.1. The molecule has 35 heavy (non-hydrogen) atoms. The molecule has 0 radical (unpaired) electrons. The number of carbonyl (C=O) groups excluding carboxylic acids is 2. The average Bonchev–Trinajstić information content (AvgIpc) is 3.18. The number of nitrogens with zero attached hydrogens (tertiary/aromatic N) is 3. The molecular formula is C25H28N4O5S. The molecule has 0 bridgehead atoms. The lowest BCUT2D eigenvalue weighted by atomic mass is 9.91. The van der Waals surface area contributed by atoms with Gasteiger partial charge in [0.05, 0.1) is 20.7 Å². The molecule has 0 aliphatic carbocycles. The van der Waals surface area contributed by atoms with E-state index in [2.05, 4.69) is 24.1 Å². The van der Waals surface area contributed by atoms with Crippen molar-refractivity contribution in [2.75, 3.05) is 29.9 Å². The molecule has 2 unspecified atom stereocenters. The first-order chi connectivity index (χ1) is 16.6. The smallest absolute Gasteiger partial charge is 0.338 e. The van der Waals surface area contributed by atoms with Gasteiger partial charge in [-0.05, 0) is 61.4 Å². The number of hydrogen-bond donors (Lipinski definition) is 1. The number of carbonyl (C=O) groups is 2. The van der Waals surface area contributed by atoms with Crippen molar-refractivity contribution in [2.24, 2.45) is 11.8 Å². The van der Waals surface area contributed by atoms with Crippen molar-refractivity contribution in [3.8, 4) is 0 Å². The first kappa shape index (κ1) is 24.6. The topological polar surface area (TPSA) is 115 Å². The summed E-state index contributed by atoms with van der Waals surface area (Å²) in [5, 5.41) is 14.8. The minimum Gasteiger partial charge on any atom is -0.452 e. The van der Waals surface area contributed by atoms with Gasteiger partial charge in [-0.3, -0.25) is 20.2 Å². The zero-order chi connectivity index (χ0) is 25.3. The van der Waals surface area contributed by atoms with Crippen molar-refractivity contribution >= 4 is 49.9 Å². The second kappa shape index (κ2) is 9.99. The Morgan fingerprint density at radius 2 is 1.91 bits per heavy atom. The number of nitro groups is 1. The van der Waals surface area contributed by atoms with Crippen LogP contribution in [0.3, 0.4) is 0 Å². The van der Waals surface area contributed by atoms with Crippen LogP contribution < -0.4 is 10.2 Å². The molecule has 9 nitrogen and oxygen atoms in total. The van der Waals surface area contributed by atoms with Crippen LogP contribution in [0.1, 0.15) is 41.8 Å². The third kappa shape index (κ3) is 5.59. The van der Waals surface area contributed by atoms with Gasteiger partial charge in [0.15, 0.2) is 11.7 Å². The number of amides is 1. The van der Waals surface area contributed by atoms with E-state index in [0.717, 1.165) is 40.9 Å². The number of rotatable bonds is 6. The number of aryl methyl sites for hydroxylation is 2. The van der Waals surface area contributed by atoms with Gasteiger partial charge in [-0.25, -0.2) is 9.78 Å². The van der Waals surface area contributed by atoms with E-state index in [4.69, 9.17) is 4.74 Å². The highest BCUT2D eigenvalue weighted by Gasteiger charge is 2.28. The van der Waals surface area contributed by atoms with Gasteiger partial charge < -0.3 is 9.64 Å². The second-order valence-corrected chi connectivity index (χ2v) is 10.4. The highest BCUT2D eigenvalue weighted by Crippen LogP contribution is 2.34. The van der Waals surface area contributed by atoms with Crippen LogP contribution in [0.4, 0.5) is 16.5 Å². The van der Waals surface area contributed by atoms with Gasteiger partial charge in [0.2, 0.25) is 0 Å². The van der Waals surface area contributed by atoms with Crippen LogP contribution in [0.15, 0.2) is 30.3 Å². The van der Waals surface area contributed by atoms with E-state index in [0.29, 0.717) is 22.7 Å². The zero-order valence-corrected chi connectivity index (χ0v) is 21.0. The Labute approximate surface area is 207 Å². The summed E-state index contributed by atoms with van der Waals surface area (Å²) >= 11 is 1.34. The van der Waals surface area contributed by atoms with Crippen molar-refractivity contribution in [1.82, 2.24) is 4.98 Å². The Bertz CT molecular complexity index is 1290. The molecular weight excluding hydrogens is 468 g/mol. The van der Waals surface area contributed by atoms with Gasteiger partial charge >= 0.3 is 5.97 Å². The van der Waals surface area contributed by atoms with Gasteiger partial charge in [-0.15, -0.1) is 0 Å². The van der Waals surface area contributed by atoms with Crippen LogP contribution in [-0.2, 0) is 9.53 Å². The van der Waals surface area contributed by atoms with Crippen LogP contribution in [0.25, 0.3) is 10.2 Å². The number of fused-ring (bicyclic) bond motifs is 1. The number of nitrogens with one attached hydrogen (secondary N) is 1. The Kier molecular flexibility index (Phi) is 7.02. The predicted molar refractivity (Wildman–Crippen MR) is 136 cm³/mol. The van der Waals surface area contributed by atoms with E-state index in [1.807, 2.05) is 30.9 Å². The molecule has 2 atom stereocenters. The molecule has 3 aromatic rings. The number of hydrogen-bond acceptors (Lipinski definition) is 8. The number of esters is 1. The standard InChI is InChI=1S/C25H28N4O5S/c1-14-8-17(4)23-21(9-14)35-25(27-23)26-22(30)13-34-24(31)18-5-6-19(20(10-18)29(32)33)28-11-15(2)7-16(3)12-28/h5-6,8-10,15-16H,7,11-13H2,1-4H3,(H,26,27,30). The SMILES string of the molecule is Cc1cc(C)c2nc(NC(=O)COC(=O)c3ccc(N4CC(C)CC(C)C4)c([N+](=O)[O-])c3)sc2c1. The van der Waals surface area contributed by atoms with E-state index in [1.54, 1.807) is 6.07 Å². The zero-order valence-electron chi connectivity index (χ0n) is 20.2. The van der Waals surface area contributed by atoms with Crippen LogP contribution in [0, 0.1) is 35.8 Å². The summed E-state index contributed by atoms with van der Waals surface area (Å²) in [7, 11) is 0. The lowest BCUT2D eigenvalue weighted by Gasteiger charge is -2.36. The van der Waals surface area contributed by atoms with Crippen LogP contribution in [0.5, 0.6) is 0 Å². The summed E-state index contributed by atoms with van der Waals surface area (Å²) in [5.41, 5.74) is 3.31. The summed E-state index contributed by atoms with van der Waals surface area (Å²) in [6.45, 7) is 9.13. The molecule has 1 aliphatic rings. The number of nitro benzene ring substituents is 1. The lowest BCUT2D eigenvalue weighted by molar-refractivity contribution is -0.384. The van der Waals surface area contributed by atoms with Crippen LogP contribution in [-0.4, -0.2) is 41.5 Å². The Morgan fingerprint density at radius 3 is 2.60 bits per heavy atom. The minimum atomic E-state index is -0.800. The quantitative estimate of drug-likeness (QED) is 0.287. The molecule has 1 fully saturated rings. The fourth-order valence-corrected chi connectivity index (χ4v) is 5.78. The molecule has 1 aliphatic heterocycles. The normalized spacial score (nSPS) is 17.9. The maximum absolute atomic E-state index is 12.5. The number of thiazole rings is 1. The van der Waals surface area contributed by atoms with Gasteiger partial charge in [-0.1, -0.05) is 31.3 Å². The van der Waals surface area contributed by atoms with Crippen molar-refractivity contribution in [1.29, 1.82) is 0 Å². The fraction of sp³-hybridized carbons (Fsp3) is 0.400. The minimum absolute atomic E-state index is 0.0254. The van der Waals surface area contributed by atoms with E-state index < -0.39 is 23.4 Å². The molecule has 4 rings (SSSR count). The predicted octanol–water partition coefficient (Wildman–Crippen LogP) is 5.10. The number of aromatic nitrogens is 1. The fourth-order valence-electron chi connectivity index (χ4n) is 4.72. The molecule has 10 heteroatoms. The molecule has 1 N–H and O–H groups in total. The summed E-state index contributed by atoms with van der Waals surface area (Å²) < 4.78 is 6.08. The Morgan fingerprint density at radius 1 is 1.20 bits per heavy atom. The maximum atomic E-state index is 12.5. The van der Waals surface area contributed by atoms with Crippen molar-refractivity contribution in [3.05, 3.63) is 57.1 Å². The molecule has 1 amide bonds. The van der Waals surface area contributed by atoms with E-state index in [9.17, 15) is 19.7 Å². The van der Waals surface area contributed by atoms with Crippen molar-refractivity contribution in [2.45, 2.75) is 34.1 Å². The second-order valence-electron chi connectivity index (χ2n) is 9.38. The van der Waals surface area contributed by atoms with E-state index in [1.165, 1.54) is 23.5 Å². The Balaban J connectivity index is 1.42. The van der Waals surface area contributed by atoms with E-state index in [-0.39, 0.29) is 11.3 Å². The summed E-state index contributed by atoms with van der Waals surface area (Å²) in [5.74, 6) is -0.491. The number of anilines is 2. The number of piperidine rings is 1. The highest BCUT2D eigenvalue weighted by molar-refractivity contribution is 7.22. The summed E-state index contributed by atoms with van der Waals surface area (Å²) in [6.07, 6.45) is 1.08. The molecule has 0 spiro atoms. The van der Waals surface area contributed by atoms with Gasteiger partial charge in [0.25, 0.3) is 11.6 Å². The first-order valence-corrected chi connectivity index (χ1v) is 12.3. The van der Waals surface area contributed by atoms with Crippen molar-refractivity contribution < 1.29 is 19.2 Å². The first-order valence-electron chi connectivity index (χ1n) is 11.5. The average molecular weight is 497 g/mol. The van der Waals surface area contributed by atoms with Crippen LogP contribution >= 0.6 is 11.3 Å². The number of benzene rings is 2. The van der Waals surface area contributed by atoms with Gasteiger partial charge in [0, 0.05) is 19.2 Å². The summed E-state index contributed by atoms with van der Waals surface area (Å²) in [6, 6.07) is 8.33. The molecule has 2 aromatic carbocycles. The molecule has 0 saturated carbocycles. The molecule has 184 valence electrons. The van der Waals surface area contributed by atoms with Crippen molar-refractivity contribution in [3.63, 3.8) is 0 Å². The van der Waals surface area contributed by atoms with Crippen LogP contribution in [0.2, 0.25) is 0 Å². The largest absolute Gasteiger partial charge is 0.452 e. The maximum Gasteiger partial charge on any atom is 0.338 e. The number of ether oxygens (including phenoxy) is 1. The van der Waals surface area contributed by atoms with Gasteiger partial charge in [0.1, 0.15) is 5.69 Å².